The van der Waals surface area contributed by atoms with Crippen LogP contribution in [-0.2, 0) is 4.79 Å². The summed E-state index contributed by atoms with van der Waals surface area (Å²) in [6.07, 6.45) is 4.79. The standard InChI is InChI=1S/C11H20N2O3/c1-8(10(14)15)13(2)11(16)12-7-3-4-9-5-6-9/h8-9H,3-7H2,1-2H3,(H,12,16)(H,14,15). The van der Waals surface area contributed by atoms with Crippen LogP contribution in [0.25, 0.3) is 0 Å². The number of urea groups is 1. The van der Waals surface area contributed by atoms with Gasteiger partial charge in [-0.15, -0.1) is 0 Å². The lowest BCUT2D eigenvalue weighted by Gasteiger charge is -2.21. The summed E-state index contributed by atoms with van der Waals surface area (Å²) < 4.78 is 0. The van der Waals surface area contributed by atoms with Crippen molar-refractivity contribution in [3.63, 3.8) is 0 Å². The van der Waals surface area contributed by atoms with Crippen LogP contribution >= 0.6 is 0 Å². The van der Waals surface area contributed by atoms with E-state index in [1.54, 1.807) is 0 Å². The topological polar surface area (TPSA) is 69.6 Å². The first-order valence-electron chi connectivity index (χ1n) is 5.76. The summed E-state index contributed by atoms with van der Waals surface area (Å²) in [4.78, 5) is 23.4. The number of carboxylic acid groups (broad SMARTS) is 1. The Morgan fingerprint density at radius 2 is 2.12 bits per heavy atom. The second kappa shape index (κ2) is 5.72. The van der Waals surface area contributed by atoms with Crippen LogP contribution in [0, 0.1) is 5.92 Å². The molecule has 0 aromatic heterocycles. The van der Waals surface area contributed by atoms with Crippen LogP contribution in [0.1, 0.15) is 32.6 Å². The number of nitrogens with zero attached hydrogens (tertiary/aromatic N) is 1. The molecule has 0 heterocycles. The first kappa shape index (κ1) is 12.8. The molecule has 0 saturated heterocycles. The molecule has 0 aromatic rings. The van der Waals surface area contributed by atoms with Crippen molar-refractivity contribution in [2.24, 2.45) is 5.92 Å². The van der Waals surface area contributed by atoms with Crippen molar-refractivity contribution in [2.75, 3.05) is 13.6 Å². The van der Waals surface area contributed by atoms with E-state index in [0.29, 0.717) is 6.54 Å². The maximum Gasteiger partial charge on any atom is 0.326 e. The molecule has 0 aliphatic heterocycles. The van der Waals surface area contributed by atoms with E-state index in [9.17, 15) is 9.59 Å². The SMILES string of the molecule is CC(C(=O)O)N(C)C(=O)NCCCC1CC1. The average Bonchev–Trinajstić information content (AvgIpc) is 3.05. The Morgan fingerprint density at radius 3 is 2.62 bits per heavy atom. The predicted octanol–water partition coefficient (Wildman–Crippen LogP) is 1.29. The summed E-state index contributed by atoms with van der Waals surface area (Å²) in [6.45, 7) is 2.12. The van der Waals surface area contributed by atoms with Crippen molar-refractivity contribution < 1.29 is 14.7 Å². The van der Waals surface area contributed by atoms with Gasteiger partial charge in [0.25, 0.3) is 0 Å². The Morgan fingerprint density at radius 1 is 1.50 bits per heavy atom. The Labute approximate surface area is 95.8 Å². The largest absolute Gasteiger partial charge is 0.480 e. The smallest absolute Gasteiger partial charge is 0.326 e. The third kappa shape index (κ3) is 4.08. The molecule has 1 aliphatic carbocycles. The van der Waals surface area contributed by atoms with E-state index in [4.69, 9.17) is 5.11 Å². The third-order valence-corrected chi connectivity index (χ3v) is 3.02. The lowest BCUT2D eigenvalue weighted by atomic mass is 10.2. The fraction of sp³-hybridized carbons (Fsp3) is 0.818. The van der Waals surface area contributed by atoms with Gasteiger partial charge in [-0.05, 0) is 25.7 Å². The van der Waals surface area contributed by atoms with Gasteiger partial charge in [0.05, 0.1) is 0 Å². The normalized spacial score (nSPS) is 16.6. The summed E-state index contributed by atoms with van der Waals surface area (Å²) in [5, 5.41) is 11.5. The predicted molar refractivity (Wildman–Crippen MR) is 60.2 cm³/mol. The van der Waals surface area contributed by atoms with E-state index < -0.39 is 12.0 Å². The van der Waals surface area contributed by atoms with Gasteiger partial charge in [-0.2, -0.15) is 0 Å². The molecule has 16 heavy (non-hydrogen) atoms. The number of rotatable bonds is 6. The summed E-state index contributed by atoms with van der Waals surface area (Å²) in [7, 11) is 1.50. The van der Waals surface area contributed by atoms with Crippen molar-refractivity contribution in [1.82, 2.24) is 10.2 Å². The molecular weight excluding hydrogens is 208 g/mol. The molecule has 2 N–H and O–H groups in total. The quantitative estimate of drug-likeness (QED) is 0.673. The molecule has 5 heteroatoms. The molecule has 0 bridgehead atoms. The van der Waals surface area contributed by atoms with E-state index in [2.05, 4.69) is 5.32 Å². The van der Waals surface area contributed by atoms with Crippen molar-refractivity contribution in [1.29, 1.82) is 0 Å². The number of hydrogen-bond acceptors (Lipinski definition) is 2. The summed E-state index contributed by atoms with van der Waals surface area (Å²) in [6, 6.07) is -1.10. The van der Waals surface area contributed by atoms with Crippen LogP contribution in [0.15, 0.2) is 0 Å². The minimum Gasteiger partial charge on any atom is -0.480 e. The van der Waals surface area contributed by atoms with Crippen LogP contribution in [0.4, 0.5) is 4.79 Å². The zero-order valence-corrected chi connectivity index (χ0v) is 9.90. The molecule has 0 aromatic carbocycles. The van der Waals surface area contributed by atoms with Gasteiger partial charge in [0.1, 0.15) is 6.04 Å². The second-order valence-electron chi connectivity index (χ2n) is 4.44. The number of hydrogen-bond donors (Lipinski definition) is 2. The summed E-state index contributed by atoms with van der Waals surface area (Å²) in [5.74, 6) is -0.122. The fourth-order valence-corrected chi connectivity index (χ4v) is 1.46. The molecule has 0 radical (unpaired) electrons. The van der Waals surface area contributed by atoms with Crippen LogP contribution in [-0.4, -0.2) is 41.6 Å². The first-order chi connectivity index (χ1) is 7.52. The zero-order valence-electron chi connectivity index (χ0n) is 9.90. The van der Waals surface area contributed by atoms with Crippen LogP contribution in [0.5, 0.6) is 0 Å². The van der Waals surface area contributed by atoms with E-state index in [1.807, 2.05) is 0 Å². The first-order valence-corrected chi connectivity index (χ1v) is 5.76. The zero-order chi connectivity index (χ0) is 12.1. The average molecular weight is 228 g/mol. The summed E-state index contributed by atoms with van der Waals surface area (Å²) >= 11 is 0. The van der Waals surface area contributed by atoms with E-state index >= 15 is 0 Å². The van der Waals surface area contributed by atoms with Gasteiger partial charge in [0, 0.05) is 13.6 Å². The molecule has 1 fully saturated rings. The Kier molecular flexibility index (Phi) is 4.58. The summed E-state index contributed by atoms with van der Waals surface area (Å²) in [5.41, 5.74) is 0. The van der Waals surface area contributed by atoms with E-state index in [-0.39, 0.29) is 6.03 Å². The van der Waals surface area contributed by atoms with Gasteiger partial charge in [0.2, 0.25) is 0 Å². The Bertz CT molecular complexity index is 264. The van der Waals surface area contributed by atoms with E-state index in [1.165, 1.54) is 38.1 Å². The maximum atomic E-state index is 11.5. The molecule has 1 saturated carbocycles. The highest BCUT2D eigenvalue weighted by Crippen LogP contribution is 2.33. The number of aliphatic carboxylic acids is 1. The molecular formula is C11H20N2O3. The van der Waals surface area contributed by atoms with Gasteiger partial charge in [0.15, 0.2) is 0 Å². The monoisotopic (exact) mass is 228 g/mol. The number of carbonyl (C=O) groups excluding carboxylic acids is 1. The number of nitrogens with one attached hydrogen (secondary N) is 1. The number of amides is 2. The van der Waals surface area contributed by atoms with Crippen molar-refractivity contribution in [3.8, 4) is 0 Å². The minimum absolute atomic E-state index is 0.314. The second-order valence-corrected chi connectivity index (χ2v) is 4.44. The third-order valence-electron chi connectivity index (χ3n) is 3.02. The molecule has 92 valence electrons. The lowest BCUT2D eigenvalue weighted by molar-refractivity contribution is -0.141. The van der Waals surface area contributed by atoms with Gasteiger partial charge in [-0.25, -0.2) is 9.59 Å². The van der Waals surface area contributed by atoms with Gasteiger partial charge >= 0.3 is 12.0 Å². The van der Waals surface area contributed by atoms with Gasteiger partial charge < -0.3 is 15.3 Å². The lowest BCUT2D eigenvalue weighted by Crippen LogP contribution is -2.45. The highest BCUT2D eigenvalue weighted by atomic mass is 16.4. The van der Waals surface area contributed by atoms with Crippen molar-refractivity contribution in [2.45, 2.75) is 38.6 Å². The van der Waals surface area contributed by atoms with Crippen LogP contribution in [0.2, 0.25) is 0 Å². The molecule has 1 unspecified atom stereocenters. The highest BCUT2D eigenvalue weighted by Gasteiger charge is 2.22. The molecule has 5 nitrogen and oxygen atoms in total. The van der Waals surface area contributed by atoms with Crippen molar-refractivity contribution >= 4 is 12.0 Å². The highest BCUT2D eigenvalue weighted by molar-refractivity contribution is 5.82. The molecule has 2 amide bonds. The molecule has 1 rings (SSSR count). The minimum atomic E-state index is -0.990. The number of carboxylic acids is 1. The number of carbonyl (C=O) groups is 2. The molecule has 0 spiro atoms. The van der Waals surface area contributed by atoms with Gasteiger partial charge in [-0.1, -0.05) is 12.8 Å². The van der Waals surface area contributed by atoms with Crippen LogP contribution < -0.4 is 5.32 Å². The van der Waals surface area contributed by atoms with Gasteiger partial charge in [-0.3, -0.25) is 0 Å². The Hall–Kier alpha value is -1.26. The fourth-order valence-electron chi connectivity index (χ4n) is 1.46. The number of likely N-dealkylation sites (N-methyl/N-ethyl adjacent to an activating group) is 1. The molecule has 1 aliphatic rings. The maximum absolute atomic E-state index is 11.5. The van der Waals surface area contributed by atoms with Crippen molar-refractivity contribution in [3.05, 3.63) is 0 Å². The van der Waals surface area contributed by atoms with E-state index in [0.717, 1.165) is 12.3 Å². The van der Waals surface area contributed by atoms with Crippen LogP contribution in [0.3, 0.4) is 0 Å². The molecule has 1 atom stereocenters. The Balaban J connectivity index is 2.14.